The highest BCUT2D eigenvalue weighted by atomic mass is 32.2. The predicted octanol–water partition coefficient (Wildman–Crippen LogP) is 3.17. The highest BCUT2D eigenvalue weighted by Crippen LogP contribution is 2.33. The molecule has 0 unspecified atom stereocenters. The van der Waals surface area contributed by atoms with Gasteiger partial charge in [0.15, 0.2) is 0 Å². The minimum Gasteiger partial charge on any atom is -0.496 e. The maximum atomic E-state index is 10.9. The molecule has 0 bridgehead atoms. The van der Waals surface area contributed by atoms with Gasteiger partial charge in [-0.2, -0.15) is 0 Å². The van der Waals surface area contributed by atoms with Crippen molar-refractivity contribution in [1.29, 1.82) is 0 Å². The zero-order chi connectivity index (χ0) is 14.7. The fourth-order valence-corrected chi connectivity index (χ4v) is 2.67. The Kier molecular flexibility index (Phi) is 4.24. The molecule has 0 spiro atoms. The molecule has 0 saturated carbocycles. The number of aryl methyl sites for hydroxylation is 1. The molecule has 0 atom stereocenters. The van der Waals surface area contributed by atoms with Gasteiger partial charge in [0.2, 0.25) is 5.76 Å². The number of hydrogen-bond donors (Lipinski definition) is 2. The van der Waals surface area contributed by atoms with E-state index < -0.39 is 5.97 Å². The van der Waals surface area contributed by atoms with Crippen molar-refractivity contribution in [3.8, 4) is 5.75 Å². The molecular weight excluding hydrogens is 278 g/mol. The highest BCUT2D eigenvalue weighted by molar-refractivity contribution is 7.98. The van der Waals surface area contributed by atoms with Crippen LogP contribution in [-0.2, 0) is 5.75 Å². The van der Waals surface area contributed by atoms with Crippen molar-refractivity contribution in [3.05, 3.63) is 41.3 Å². The summed E-state index contributed by atoms with van der Waals surface area (Å²) in [6.45, 7) is 1.71. The number of hydrogen-bond acceptors (Lipinski definition) is 5. The number of nitrogen functional groups attached to an aromatic ring is 1. The first-order chi connectivity index (χ1) is 9.51. The summed E-state index contributed by atoms with van der Waals surface area (Å²) in [5.74, 6) is 0.767. The van der Waals surface area contributed by atoms with Gasteiger partial charge in [-0.25, -0.2) is 4.79 Å². The fraction of sp³-hybridized carbons (Fsp3) is 0.214. The second kappa shape index (κ2) is 5.92. The number of benzene rings is 1. The molecule has 1 heterocycles. The number of methoxy groups -OCH3 is 1. The SMILES string of the molecule is COc1cc(N)ccc1SCc1cc(C)c(C(=O)O)o1. The van der Waals surface area contributed by atoms with Crippen LogP contribution in [0.15, 0.2) is 33.6 Å². The molecule has 1 aromatic carbocycles. The molecular formula is C14H15NO4S. The van der Waals surface area contributed by atoms with Gasteiger partial charge in [-0.1, -0.05) is 0 Å². The van der Waals surface area contributed by atoms with Gasteiger partial charge in [0.1, 0.15) is 11.5 Å². The summed E-state index contributed by atoms with van der Waals surface area (Å²) in [5, 5.41) is 8.94. The molecule has 2 aromatic rings. The van der Waals surface area contributed by atoms with Crippen LogP contribution in [0, 0.1) is 6.92 Å². The Labute approximate surface area is 120 Å². The zero-order valence-corrected chi connectivity index (χ0v) is 12.0. The van der Waals surface area contributed by atoms with Crippen LogP contribution in [0.3, 0.4) is 0 Å². The minimum absolute atomic E-state index is 0.00938. The molecule has 0 aliphatic heterocycles. The molecule has 0 fully saturated rings. The number of carboxylic acids is 1. The molecule has 3 N–H and O–H groups in total. The minimum atomic E-state index is -1.05. The third-order valence-corrected chi connectivity index (χ3v) is 3.80. The van der Waals surface area contributed by atoms with E-state index in [2.05, 4.69) is 0 Å². The van der Waals surface area contributed by atoms with E-state index in [0.717, 1.165) is 4.90 Å². The number of thioether (sulfide) groups is 1. The number of carboxylic acid groups (broad SMARTS) is 1. The van der Waals surface area contributed by atoms with Crippen LogP contribution in [0.1, 0.15) is 21.9 Å². The van der Waals surface area contributed by atoms with E-state index in [-0.39, 0.29) is 5.76 Å². The smallest absolute Gasteiger partial charge is 0.372 e. The van der Waals surface area contributed by atoms with E-state index in [0.29, 0.717) is 28.5 Å². The Morgan fingerprint density at radius 1 is 1.45 bits per heavy atom. The Hall–Kier alpha value is -2.08. The summed E-state index contributed by atoms with van der Waals surface area (Å²) in [5.41, 5.74) is 6.95. The average Bonchev–Trinajstić information content (AvgIpc) is 2.78. The number of carbonyl (C=O) groups is 1. The van der Waals surface area contributed by atoms with E-state index in [4.69, 9.17) is 20.0 Å². The summed E-state index contributed by atoms with van der Waals surface area (Å²) < 4.78 is 10.6. The number of aromatic carboxylic acids is 1. The van der Waals surface area contributed by atoms with Crippen molar-refractivity contribution in [2.24, 2.45) is 0 Å². The largest absolute Gasteiger partial charge is 0.496 e. The van der Waals surface area contributed by atoms with Gasteiger partial charge < -0.3 is 20.0 Å². The number of ether oxygens (including phenoxy) is 1. The van der Waals surface area contributed by atoms with Gasteiger partial charge in [-0.3, -0.25) is 0 Å². The van der Waals surface area contributed by atoms with Gasteiger partial charge in [0.25, 0.3) is 0 Å². The van der Waals surface area contributed by atoms with Crippen LogP contribution in [0.4, 0.5) is 5.69 Å². The van der Waals surface area contributed by atoms with Crippen molar-refractivity contribution in [2.45, 2.75) is 17.6 Å². The van der Waals surface area contributed by atoms with Gasteiger partial charge in [-0.05, 0) is 25.1 Å². The lowest BCUT2D eigenvalue weighted by Gasteiger charge is -2.07. The monoisotopic (exact) mass is 293 g/mol. The lowest BCUT2D eigenvalue weighted by molar-refractivity contribution is 0.0659. The summed E-state index contributed by atoms with van der Waals surface area (Å²) in [6.07, 6.45) is 0. The van der Waals surface area contributed by atoms with E-state index in [1.54, 1.807) is 32.2 Å². The van der Waals surface area contributed by atoms with Crippen molar-refractivity contribution >= 4 is 23.4 Å². The maximum Gasteiger partial charge on any atom is 0.372 e. The first-order valence-corrected chi connectivity index (χ1v) is 6.88. The highest BCUT2D eigenvalue weighted by Gasteiger charge is 2.15. The molecule has 0 amide bonds. The normalized spacial score (nSPS) is 10.5. The average molecular weight is 293 g/mol. The van der Waals surface area contributed by atoms with E-state index in [1.165, 1.54) is 11.8 Å². The van der Waals surface area contributed by atoms with Crippen LogP contribution in [0.5, 0.6) is 5.75 Å². The summed E-state index contributed by atoms with van der Waals surface area (Å²) in [7, 11) is 1.58. The van der Waals surface area contributed by atoms with Crippen LogP contribution in [-0.4, -0.2) is 18.2 Å². The first kappa shape index (κ1) is 14.3. The van der Waals surface area contributed by atoms with Crippen LogP contribution in [0.2, 0.25) is 0 Å². The number of rotatable bonds is 5. The quantitative estimate of drug-likeness (QED) is 0.650. The van der Waals surface area contributed by atoms with Gasteiger partial charge >= 0.3 is 5.97 Å². The summed E-state index contributed by atoms with van der Waals surface area (Å²) in [4.78, 5) is 11.8. The van der Waals surface area contributed by atoms with Crippen molar-refractivity contribution in [3.63, 3.8) is 0 Å². The Balaban J connectivity index is 2.13. The summed E-state index contributed by atoms with van der Waals surface area (Å²) in [6, 6.07) is 7.15. The van der Waals surface area contributed by atoms with Crippen LogP contribution in [0.25, 0.3) is 0 Å². The van der Waals surface area contributed by atoms with Gasteiger partial charge in [-0.15, -0.1) is 11.8 Å². The second-order valence-corrected chi connectivity index (χ2v) is 5.25. The molecule has 0 aliphatic carbocycles. The molecule has 0 radical (unpaired) electrons. The number of furan rings is 1. The van der Waals surface area contributed by atoms with E-state index >= 15 is 0 Å². The van der Waals surface area contributed by atoms with Gasteiger partial charge in [0.05, 0.1) is 12.9 Å². The maximum absolute atomic E-state index is 10.9. The molecule has 20 heavy (non-hydrogen) atoms. The fourth-order valence-electron chi connectivity index (χ4n) is 1.78. The van der Waals surface area contributed by atoms with Crippen LogP contribution >= 0.6 is 11.8 Å². The van der Waals surface area contributed by atoms with E-state index in [9.17, 15) is 4.79 Å². The number of nitrogens with two attached hydrogens (primary N) is 1. The predicted molar refractivity (Wildman–Crippen MR) is 77.4 cm³/mol. The first-order valence-electron chi connectivity index (χ1n) is 5.90. The van der Waals surface area contributed by atoms with Crippen LogP contribution < -0.4 is 10.5 Å². The lowest BCUT2D eigenvalue weighted by atomic mass is 10.3. The zero-order valence-electron chi connectivity index (χ0n) is 11.2. The Morgan fingerprint density at radius 3 is 2.80 bits per heavy atom. The van der Waals surface area contributed by atoms with Crippen molar-refractivity contribution in [1.82, 2.24) is 0 Å². The van der Waals surface area contributed by atoms with Crippen molar-refractivity contribution in [2.75, 3.05) is 12.8 Å². The topological polar surface area (TPSA) is 85.7 Å². The third-order valence-electron chi connectivity index (χ3n) is 2.72. The second-order valence-electron chi connectivity index (χ2n) is 4.23. The molecule has 0 aliphatic rings. The molecule has 1 aromatic heterocycles. The molecule has 106 valence electrons. The van der Waals surface area contributed by atoms with Gasteiger partial charge in [0, 0.05) is 22.2 Å². The summed E-state index contributed by atoms with van der Waals surface area (Å²) >= 11 is 1.50. The Morgan fingerprint density at radius 2 is 2.20 bits per heavy atom. The third kappa shape index (κ3) is 3.08. The molecule has 0 saturated heterocycles. The molecule has 5 nitrogen and oxygen atoms in total. The number of anilines is 1. The standard InChI is InChI=1S/C14H15NO4S/c1-8-5-10(19-13(8)14(16)17)7-20-12-4-3-9(15)6-11(12)18-2/h3-6H,7,15H2,1-2H3,(H,16,17). The lowest BCUT2D eigenvalue weighted by Crippen LogP contribution is -1.94. The van der Waals surface area contributed by atoms with Crippen molar-refractivity contribution < 1.29 is 19.1 Å². The molecule has 2 rings (SSSR count). The molecule has 6 heteroatoms. The Bertz CT molecular complexity index is 636. The van der Waals surface area contributed by atoms with E-state index in [1.807, 2.05) is 6.07 Å².